The fourth-order valence-corrected chi connectivity index (χ4v) is 3.05. The van der Waals surface area contributed by atoms with E-state index in [1.807, 2.05) is 0 Å². The molecule has 3 rings (SSSR count). The summed E-state index contributed by atoms with van der Waals surface area (Å²) < 4.78 is 41.1. The predicted molar refractivity (Wildman–Crippen MR) is 122 cm³/mol. The maximum atomic E-state index is 12.5. The summed E-state index contributed by atoms with van der Waals surface area (Å²) in [6.07, 6.45) is -4.86. The number of hydrazone groups is 1. The van der Waals surface area contributed by atoms with E-state index in [1.54, 1.807) is 54.6 Å². The Balaban J connectivity index is 1.92. The van der Waals surface area contributed by atoms with Crippen LogP contribution in [0.25, 0.3) is 0 Å². The van der Waals surface area contributed by atoms with Gasteiger partial charge in [-0.3, -0.25) is 4.79 Å². The molecule has 0 saturated heterocycles. The first-order chi connectivity index (χ1) is 16.1. The lowest BCUT2D eigenvalue weighted by Crippen LogP contribution is -2.36. The van der Waals surface area contributed by atoms with Crippen molar-refractivity contribution in [3.63, 3.8) is 0 Å². The van der Waals surface area contributed by atoms with Crippen molar-refractivity contribution in [2.24, 2.45) is 10.8 Å². The molecule has 3 N–H and O–H groups in total. The Morgan fingerprint density at radius 1 is 0.971 bits per heavy atom. The number of carbonyl (C=O) groups excluding carboxylic acids is 2. The van der Waals surface area contributed by atoms with Gasteiger partial charge >= 0.3 is 12.4 Å². The lowest BCUT2D eigenvalue weighted by molar-refractivity contribution is -0.274. The third-order valence-corrected chi connectivity index (χ3v) is 4.59. The van der Waals surface area contributed by atoms with Crippen LogP contribution in [0.15, 0.2) is 84.0 Å². The average Bonchev–Trinajstić information content (AvgIpc) is 2.79. The van der Waals surface area contributed by atoms with E-state index in [0.29, 0.717) is 16.1 Å². The highest BCUT2D eigenvalue weighted by Crippen LogP contribution is 2.26. The van der Waals surface area contributed by atoms with Crippen LogP contribution in [0.3, 0.4) is 0 Å². The largest absolute Gasteiger partial charge is 0.573 e. The molecule has 3 amide bonds. The van der Waals surface area contributed by atoms with E-state index in [1.165, 1.54) is 12.1 Å². The Morgan fingerprint density at radius 2 is 1.62 bits per heavy atom. The molecule has 0 spiro atoms. The van der Waals surface area contributed by atoms with E-state index < -0.39 is 18.1 Å². The molecular formula is C23H18ClF3N4O3. The Kier molecular flexibility index (Phi) is 7.75. The van der Waals surface area contributed by atoms with Gasteiger partial charge in [0.25, 0.3) is 5.91 Å². The topological polar surface area (TPSA) is 97.0 Å². The molecule has 0 unspecified atom stereocenters. The number of nitrogens with two attached hydrogens (primary N) is 1. The molecule has 3 aromatic carbocycles. The molecule has 176 valence electrons. The number of alkyl halides is 3. The standard InChI is InChI=1S/C23H18ClF3N4O3/c24-17-8-4-7-16(13-17)20(14-29-21(32)15-5-2-1-3-6-15)30-31(22(28)33)18-9-11-19(12-10-18)34-23(25,26)27/h1-13H,14H2,(H2,28,33)(H,29,32)/b30-20-. The Morgan fingerprint density at radius 3 is 2.21 bits per heavy atom. The summed E-state index contributed by atoms with van der Waals surface area (Å²) in [5.74, 6) is -0.857. The highest BCUT2D eigenvalue weighted by Gasteiger charge is 2.31. The summed E-state index contributed by atoms with van der Waals surface area (Å²) >= 11 is 6.08. The molecule has 0 radical (unpaired) electrons. The second-order valence-electron chi connectivity index (χ2n) is 6.80. The molecule has 0 aliphatic heterocycles. The normalized spacial score (nSPS) is 11.6. The maximum Gasteiger partial charge on any atom is 0.573 e. The Hall–Kier alpha value is -4.05. The van der Waals surface area contributed by atoms with Gasteiger partial charge in [-0.25, -0.2) is 4.79 Å². The second-order valence-corrected chi connectivity index (χ2v) is 7.23. The number of rotatable bonds is 7. The molecule has 0 aliphatic rings. The minimum Gasteiger partial charge on any atom is -0.406 e. The smallest absolute Gasteiger partial charge is 0.406 e. The number of ether oxygens (including phenoxy) is 1. The lowest BCUT2D eigenvalue weighted by atomic mass is 10.1. The maximum absolute atomic E-state index is 12.5. The first-order valence-corrected chi connectivity index (χ1v) is 10.1. The van der Waals surface area contributed by atoms with E-state index in [-0.39, 0.29) is 23.9 Å². The number of urea groups is 1. The molecule has 11 heteroatoms. The van der Waals surface area contributed by atoms with Crippen LogP contribution in [0.4, 0.5) is 23.7 Å². The summed E-state index contributed by atoms with van der Waals surface area (Å²) in [5.41, 5.74) is 6.68. The second kappa shape index (κ2) is 10.7. The van der Waals surface area contributed by atoms with Crippen molar-refractivity contribution in [1.29, 1.82) is 0 Å². The van der Waals surface area contributed by atoms with Gasteiger partial charge in [-0.2, -0.15) is 10.1 Å². The van der Waals surface area contributed by atoms with Crippen molar-refractivity contribution in [1.82, 2.24) is 5.32 Å². The zero-order chi connectivity index (χ0) is 24.7. The number of amides is 3. The van der Waals surface area contributed by atoms with Crippen molar-refractivity contribution in [3.05, 3.63) is 95.0 Å². The van der Waals surface area contributed by atoms with Gasteiger partial charge in [0, 0.05) is 16.1 Å². The van der Waals surface area contributed by atoms with Gasteiger partial charge in [0.2, 0.25) is 0 Å². The number of hydrogen-bond donors (Lipinski definition) is 2. The van der Waals surface area contributed by atoms with Crippen molar-refractivity contribution < 1.29 is 27.5 Å². The SMILES string of the molecule is NC(=O)N(/N=C(/CNC(=O)c1ccccc1)c1cccc(Cl)c1)c1ccc(OC(F)(F)F)cc1. The Bertz CT molecular complexity index is 1190. The van der Waals surface area contributed by atoms with Crippen molar-refractivity contribution in [2.45, 2.75) is 6.36 Å². The van der Waals surface area contributed by atoms with Crippen LogP contribution in [-0.2, 0) is 0 Å². The molecular weight excluding hydrogens is 473 g/mol. The predicted octanol–water partition coefficient (Wildman–Crippen LogP) is 4.96. The minimum absolute atomic E-state index is 0.0796. The molecule has 0 fully saturated rings. The number of nitrogens with zero attached hydrogens (tertiary/aromatic N) is 2. The number of halogens is 4. The molecule has 0 heterocycles. The number of primary amides is 1. The molecule has 0 saturated carbocycles. The van der Waals surface area contributed by atoms with Gasteiger partial charge in [0.1, 0.15) is 5.75 Å². The highest BCUT2D eigenvalue weighted by molar-refractivity contribution is 6.31. The molecule has 0 atom stereocenters. The molecule has 7 nitrogen and oxygen atoms in total. The third kappa shape index (κ3) is 6.97. The van der Waals surface area contributed by atoms with Gasteiger partial charge in [0.15, 0.2) is 0 Å². The first kappa shape index (κ1) is 24.6. The van der Waals surface area contributed by atoms with E-state index in [4.69, 9.17) is 17.3 Å². The van der Waals surface area contributed by atoms with Crippen LogP contribution in [0.1, 0.15) is 15.9 Å². The summed E-state index contributed by atoms with van der Waals surface area (Å²) in [5, 5.41) is 8.16. The van der Waals surface area contributed by atoms with E-state index >= 15 is 0 Å². The van der Waals surface area contributed by atoms with Gasteiger partial charge in [-0.15, -0.1) is 13.2 Å². The van der Waals surface area contributed by atoms with Crippen molar-refractivity contribution in [2.75, 3.05) is 11.6 Å². The highest BCUT2D eigenvalue weighted by atomic mass is 35.5. The van der Waals surface area contributed by atoms with Crippen LogP contribution in [0.2, 0.25) is 5.02 Å². The quantitative estimate of drug-likeness (QED) is 0.362. The summed E-state index contributed by atoms with van der Waals surface area (Å²) in [7, 11) is 0. The number of nitrogens with one attached hydrogen (secondary N) is 1. The van der Waals surface area contributed by atoms with Gasteiger partial charge < -0.3 is 15.8 Å². The summed E-state index contributed by atoms with van der Waals surface area (Å²) in [6.45, 7) is -0.104. The monoisotopic (exact) mass is 490 g/mol. The molecule has 34 heavy (non-hydrogen) atoms. The van der Waals surface area contributed by atoms with Crippen molar-refractivity contribution in [3.8, 4) is 5.75 Å². The molecule has 0 aliphatic carbocycles. The number of hydrogen-bond acceptors (Lipinski definition) is 4. The van der Waals surface area contributed by atoms with Crippen LogP contribution in [0.5, 0.6) is 5.75 Å². The Labute approximate surface area is 197 Å². The fourth-order valence-electron chi connectivity index (χ4n) is 2.86. The molecule has 0 bridgehead atoms. The summed E-state index contributed by atoms with van der Waals surface area (Å²) in [4.78, 5) is 24.6. The average molecular weight is 491 g/mol. The van der Waals surface area contributed by atoms with E-state index in [0.717, 1.165) is 17.1 Å². The van der Waals surface area contributed by atoms with Crippen molar-refractivity contribution >= 4 is 34.9 Å². The first-order valence-electron chi connectivity index (χ1n) is 9.74. The van der Waals surface area contributed by atoms with Crippen LogP contribution < -0.4 is 20.8 Å². The zero-order valence-electron chi connectivity index (χ0n) is 17.4. The van der Waals surface area contributed by atoms with E-state index in [9.17, 15) is 22.8 Å². The fraction of sp³-hybridized carbons (Fsp3) is 0.0870. The van der Waals surface area contributed by atoms with Gasteiger partial charge in [0.05, 0.1) is 17.9 Å². The zero-order valence-corrected chi connectivity index (χ0v) is 18.2. The number of benzene rings is 3. The van der Waals surface area contributed by atoms with E-state index in [2.05, 4.69) is 15.2 Å². The molecule has 0 aromatic heterocycles. The van der Waals surface area contributed by atoms with Crippen LogP contribution >= 0.6 is 11.6 Å². The summed E-state index contributed by atoms with van der Waals surface area (Å²) in [6, 6.07) is 18.4. The minimum atomic E-state index is -4.86. The van der Waals surface area contributed by atoms with Gasteiger partial charge in [-0.1, -0.05) is 41.9 Å². The number of anilines is 1. The number of carbonyl (C=O) groups is 2. The van der Waals surface area contributed by atoms with Crippen LogP contribution in [-0.4, -0.2) is 30.6 Å². The van der Waals surface area contributed by atoms with Gasteiger partial charge in [-0.05, 0) is 48.5 Å². The van der Waals surface area contributed by atoms with Crippen LogP contribution in [0, 0.1) is 0 Å². The third-order valence-electron chi connectivity index (χ3n) is 4.35. The lowest BCUT2D eigenvalue weighted by Gasteiger charge is -2.18. The molecule has 3 aromatic rings.